The van der Waals surface area contributed by atoms with Gasteiger partial charge in [-0.05, 0) is 44.0 Å². The van der Waals surface area contributed by atoms with E-state index >= 15 is 0 Å². The molecule has 0 aliphatic carbocycles. The number of likely N-dealkylation sites (tertiary alicyclic amines) is 1. The van der Waals surface area contributed by atoms with Crippen molar-refractivity contribution in [2.75, 3.05) is 13.1 Å². The number of carbonyl (C=O) groups is 1. The number of hydrogen-bond acceptors (Lipinski definition) is 4. The Morgan fingerprint density at radius 3 is 2.17 bits per heavy atom. The van der Waals surface area contributed by atoms with Crippen LogP contribution in [0.3, 0.4) is 0 Å². The van der Waals surface area contributed by atoms with Crippen molar-refractivity contribution in [3.63, 3.8) is 0 Å². The molecular weight excluding hydrogens is 386 g/mol. The van der Waals surface area contributed by atoms with Crippen LogP contribution in [-0.2, 0) is 9.84 Å². The van der Waals surface area contributed by atoms with Crippen LogP contribution in [0.2, 0.25) is 0 Å². The summed E-state index contributed by atoms with van der Waals surface area (Å²) in [6.45, 7) is 2.72. The molecule has 0 bridgehead atoms. The van der Waals surface area contributed by atoms with E-state index in [0.717, 1.165) is 11.4 Å². The van der Waals surface area contributed by atoms with E-state index in [9.17, 15) is 13.2 Å². The Morgan fingerprint density at radius 2 is 1.55 bits per heavy atom. The fourth-order valence-electron chi connectivity index (χ4n) is 3.79. The number of piperidine rings is 1. The van der Waals surface area contributed by atoms with Crippen molar-refractivity contribution >= 4 is 15.7 Å². The molecular formula is C22H23N3O3S. The number of aromatic nitrogens is 2. The van der Waals surface area contributed by atoms with Crippen LogP contribution >= 0.6 is 0 Å². The molecule has 1 amide bonds. The van der Waals surface area contributed by atoms with Crippen molar-refractivity contribution in [1.82, 2.24) is 14.7 Å². The normalized spacial score (nSPS) is 15.4. The molecule has 1 aromatic heterocycles. The van der Waals surface area contributed by atoms with E-state index in [0.29, 0.717) is 36.4 Å². The molecule has 7 heteroatoms. The van der Waals surface area contributed by atoms with Gasteiger partial charge in [0.05, 0.1) is 33.3 Å². The lowest BCUT2D eigenvalue weighted by Crippen LogP contribution is -2.42. The summed E-state index contributed by atoms with van der Waals surface area (Å²) in [5.41, 5.74) is 2.23. The molecule has 0 N–H and O–H groups in total. The van der Waals surface area contributed by atoms with E-state index in [4.69, 9.17) is 0 Å². The third-order valence-corrected chi connectivity index (χ3v) is 7.76. The van der Waals surface area contributed by atoms with Gasteiger partial charge in [0.1, 0.15) is 0 Å². The predicted molar refractivity (Wildman–Crippen MR) is 111 cm³/mol. The lowest BCUT2D eigenvalue weighted by molar-refractivity contribution is 0.0725. The largest absolute Gasteiger partial charge is 0.338 e. The number of hydrogen-bond donors (Lipinski definition) is 0. The van der Waals surface area contributed by atoms with E-state index < -0.39 is 15.1 Å². The maximum Gasteiger partial charge on any atom is 0.257 e. The van der Waals surface area contributed by atoms with E-state index in [2.05, 4.69) is 5.10 Å². The van der Waals surface area contributed by atoms with Gasteiger partial charge in [0, 0.05) is 13.1 Å². The Morgan fingerprint density at radius 1 is 0.966 bits per heavy atom. The van der Waals surface area contributed by atoms with Gasteiger partial charge in [-0.25, -0.2) is 13.1 Å². The Labute approximate surface area is 170 Å². The minimum absolute atomic E-state index is 0.0970. The zero-order valence-electron chi connectivity index (χ0n) is 16.2. The molecule has 1 saturated heterocycles. The summed E-state index contributed by atoms with van der Waals surface area (Å²) >= 11 is 0. The highest BCUT2D eigenvalue weighted by atomic mass is 32.2. The number of carbonyl (C=O) groups excluding carboxylic acids is 1. The monoisotopic (exact) mass is 409 g/mol. The quantitative estimate of drug-likeness (QED) is 0.663. The van der Waals surface area contributed by atoms with Gasteiger partial charge in [-0.15, -0.1) is 0 Å². The molecule has 2 aromatic carbocycles. The second-order valence-electron chi connectivity index (χ2n) is 7.24. The minimum atomic E-state index is -3.37. The van der Waals surface area contributed by atoms with Crippen LogP contribution in [0, 0.1) is 6.92 Å². The van der Waals surface area contributed by atoms with Gasteiger partial charge in [0.2, 0.25) is 0 Å². The summed E-state index contributed by atoms with van der Waals surface area (Å²) in [7, 11) is -3.37. The van der Waals surface area contributed by atoms with Crippen molar-refractivity contribution in [3.8, 4) is 5.69 Å². The topological polar surface area (TPSA) is 72.3 Å². The Bertz CT molecular complexity index is 1100. The second kappa shape index (κ2) is 7.83. The molecule has 29 heavy (non-hydrogen) atoms. The molecule has 6 nitrogen and oxygen atoms in total. The van der Waals surface area contributed by atoms with Crippen LogP contribution in [-0.4, -0.2) is 47.3 Å². The summed E-state index contributed by atoms with van der Waals surface area (Å²) in [4.78, 5) is 15.1. The Balaban J connectivity index is 1.47. The van der Waals surface area contributed by atoms with Gasteiger partial charge in [-0.1, -0.05) is 36.4 Å². The highest BCUT2D eigenvalue weighted by molar-refractivity contribution is 7.92. The predicted octanol–water partition coefficient (Wildman–Crippen LogP) is 3.26. The number of benzene rings is 2. The SMILES string of the molecule is Cc1c(C(=O)N2CCC(S(=O)(=O)c3ccccc3)CC2)cnn1-c1ccccc1. The Kier molecular flexibility index (Phi) is 5.24. The maximum absolute atomic E-state index is 13.0. The number of nitrogens with zero attached hydrogens (tertiary/aromatic N) is 3. The molecule has 0 saturated carbocycles. The molecule has 1 fully saturated rings. The van der Waals surface area contributed by atoms with Gasteiger partial charge in [0.15, 0.2) is 9.84 Å². The van der Waals surface area contributed by atoms with E-state index in [1.54, 1.807) is 46.1 Å². The van der Waals surface area contributed by atoms with Gasteiger partial charge in [0.25, 0.3) is 5.91 Å². The first-order chi connectivity index (χ1) is 14.0. The molecule has 1 aliphatic heterocycles. The van der Waals surface area contributed by atoms with Crippen molar-refractivity contribution in [2.24, 2.45) is 0 Å². The first kappa shape index (κ1) is 19.4. The minimum Gasteiger partial charge on any atom is -0.338 e. The summed E-state index contributed by atoms with van der Waals surface area (Å²) in [6.07, 6.45) is 2.47. The molecule has 0 unspecified atom stereocenters. The summed E-state index contributed by atoms with van der Waals surface area (Å²) in [5, 5.41) is 3.91. The van der Waals surface area contributed by atoms with Crippen molar-refractivity contribution in [1.29, 1.82) is 0 Å². The third-order valence-electron chi connectivity index (χ3n) is 5.48. The number of rotatable bonds is 4. The fourth-order valence-corrected chi connectivity index (χ4v) is 5.54. The van der Waals surface area contributed by atoms with Crippen LogP contribution in [0.5, 0.6) is 0 Å². The number of amides is 1. The van der Waals surface area contributed by atoms with Gasteiger partial charge >= 0.3 is 0 Å². The van der Waals surface area contributed by atoms with Crippen LogP contribution in [0.1, 0.15) is 28.9 Å². The molecule has 1 aliphatic rings. The fraction of sp³-hybridized carbons (Fsp3) is 0.273. The smallest absolute Gasteiger partial charge is 0.257 e. The summed E-state index contributed by atoms with van der Waals surface area (Å²) < 4.78 is 27.4. The highest BCUT2D eigenvalue weighted by Gasteiger charge is 2.33. The van der Waals surface area contributed by atoms with Gasteiger partial charge in [-0.3, -0.25) is 4.79 Å². The lowest BCUT2D eigenvalue weighted by atomic mass is 10.1. The van der Waals surface area contributed by atoms with E-state index in [1.807, 2.05) is 37.3 Å². The van der Waals surface area contributed by atoms with Gasteiger partial charge in [-0.2, -0.15) is 5.10 Å². The zero-order chi connectivity index (χ0) is 20.4. The molecule has 0 atom stereocenters. The number of para-hydroxylation sites is 1. The average Bonchev–Trinajstić information content (AvgIpc) is 3.16. The van der Waals surface area contributed by atoms with Crippen LogP contribution in [0.15, 0.2) is 71.8 Å². The van der Waals surface area contributed by atoms with Crippen molar-refractivity contribution in [3.05, 3.63) is 78.1 Å². The number of sulfone groups is 1. The van der Waals surface area contributed by atoms with E-state index in [1.165, 1.54) is 0 Å². The third kappa shape index (κ3) is 3.70. The van der Waals surface area contributed by atoms with Crippen LogP contribution in [0.25, 0.3) is 5.69 Å². The molecule has 3 aromatic rings. The zero-order valence-corrected chi connectivity index (χ0v) is 17.0. The Hall–Kier alpha value is -2.93. The molecule has 4 rings (SSSR count). The first-order valence-corrected chi connectivity index (χ1v) is 11.2. The van der Waals surface area contributed by atoms with Crippen molar-refractivity contribution < 1.29 is 13.2 Å². The summed E-state index contributed by atoms with van der Waals surface area (Å²) in [5.74, 6) is -0.0970. The average molecular weight is 410 g/mol. The molecule has 0 radical (unpaired) electrons. The van der Waals surface area contributed by atoms with E-state index in [-0.39, 0.29) is 5.91 Å². The highest BCUT2D eigenvalue weighted by Crippen LogP contribution is 2.26. The van der Waals surface area contributed by atoms with Crippen molar-refractivity contribution in [2.45, 2.75) is 29.9 Å². The maximum atomic E-state index is 13.0. The lowest BCUT2D eigenvalue weighted by Gasteiger charge is -2.31. The summed E-state index contributed by atoms with van der Waals surface area (Å²) in [6, 6.07) is 18.2. The van der Waals surface area contributed by atoms with Crippen LogP contribution < -0.4 is 0 Å². The molecule has 2 heterocycles. The van der Waals surface area contributed by atoms with Crippen LogP contribution in [0.4, 0.5) is 0 Å². The second-order valence-corrected chi connectivity index (χ2v) is 9.47. The standard InChI is InChI=1S/C22H23N3O3S/c1-17-21(16-23-25(17)18-8-4-2-5-9-18)22(26)24-14-12-20(13-15-24)29(27,28)19-10-6-3-7-11-19/h2-11,16,20H,12-15H2,1H3. The molecule has 150 valence electrons. The van der Waals surface area contributed by atoms with Gasteiger partial charge < -0.3 is 4.90 Å². The molecule has 0 spiro atoms. The first-order valence-electron chi connectivity index (χ1n) is 9.67.